The maximum atomic E-state index is 13.7. The quantitative estimate of drug-likeness (QED) is 0.523. The van der Waals surface area contributed by atoms with E-state index in [1.165, 1.54) is 18.4 Å². The first-order chi connectivity index (χ1) is 16.8. The van der Waals surface area contributed by atoms with E-state index in [-0.39, 0.29) is 5.57 Å². The summed E-state index contributed by atoms with van der Waals surface area (Å²) >= 11 is 1.26. The minimum Gasteiger partial charge on any atom is -0.503 e. The molecule has 0 radical (unpaired) electrons. The van der Waals surface area contributed by atoms with Gasteiger partial charge in [-0.2, -0.15) is 0 Å². The van der Waals surface area contributed by atoms with Crippen LogP contribution in [0.2, 0.25) is 0 Å². The number of ether oxygens (including phenoxy) is 3. The third-order valence-electron chi connectivity index (χ3n) is 6.37. The summed E-state index contributed by atoms with van der Waals surface area (Å²) in [5.41, 5.74) is 1.20. The number of Topliss-reactive ketones (excluding diaryl/α,β-unsaturated/α-hetero) is 1. The van der Waals surface area contributed by atoms with Crippen molar-refractivity contribution >= 4 is 23.0 Å². The van der Waals surface area contributed by atoms with Gasteiger partial charge >= 0.3 is 0 Å². The molecule has 0 unspecified atom stereocenters. The van der Waals surface area contributed by atoms with Gasteiger partial charge in [-0.05, 0) is 38.5 Å². The zero-order valence-electron chi connectivity index (χ0n) is 20.5. The van der Waals surface area contributed by atoms with Crippen LogP contribution < -0.4 is 9.47 Å². The number of hydrogen-bond donors (Lipinski definition) is 1. The largest absolute Gasteiger partial charge is 0.503 e. The van der Waals surface area contributed by atoms with Crippen molar-refractivity contribution in [3.05, 3.63) is 50.7 Å². The number of hydrogen-bond acceptors (Lipinski definition) is 9. The van der Waals surface area contributed by atoms with Crippen LogP contribution in [0.5, 0.6) is 11.5 Å². The van der Waals surface area contributed by atoms with Gasteiger partial charge in [-0.3, -0.25) is 14.5 Å². The Morgan fingerprint density at radius 2 is 1.94 bits per heavy atom. The molecule has 9 nitrogen and oxygen atoms in total. The van der Waals surface area contributed by atoms with Gasteiger partial charge in [0.05, 0.1) is 54.6 Å². The second-order valence-corrected chi connectivity index (χ2v) is 9.76. The Morgan fingerprint density at radius 3 is 2.57 bits per heavy atom. The van der Waals surface area contributed by atoms with Crippen molar-refractivity contribution in [3.8, 4) is 11.5 Å². The normalized spacial score (nSPS) is 18.9. The second kappa shape index (κ2) is 10.8. The van der Waals surface area contributed by atoms with Gasteiger partial charge in [0, 0.05) is 31.7 Å². The van der Waals surface area contributed by atoms with Crippen molar-refractivity contribution in [2.24, 2.45) is 0 Å². The molecule has 1 N–H and O–H groups in total. The molecule has 1 aromatic heterocycles. The molecule has 10 heteroatoms. The van der Waals surface area contributed by atoms with Crippen LogP contribution in [-0.2, 0) is 9.53 Å². The fourth-order valence-electron chi connectivity index (χ4n) is 4.65. The number of amides is 1. The predicted molar refractivity (Wildman–Crippen MR) is 131 cm³/mol. The first-order valence-corrected chi connectivity index (χ1v) is 12.4. The van der Waals surface area contributed by atoms with Crippen molar-refractivity contribution in [3.63, 3.8) is 0 Å². The van der Waals surface area contributed by atoms with Gasteiger partial charge in [-0.25, -0.2) is 4.98 Å². The number of thiazole rings is 1. The lowest BCUT2D eigenvalue weighted by atomic mass is 9.94. The number of nitrogens with zero attached hydrogens (tertiary/aromatic N) is 3. The SMILES string of the molecule is COc1ccc(OC)c([C@H]2C(C(=O)c3sc(C)nc3C)=C(O)C(=O)N2CCCN2CCOCC2)c1. The number of morpholine rings is 1. The number of rotatable bonds is 9. The number of aromatic nitrogens is 1. The number of benzene rings is 1. The lowest BCUT2D eigenvalue weighted by Crippen LogP contribution is -2.39. The molecule has 1 fully saturated rings. The van der Waals surface area contributed by atoms with E-state index in [0.29, 0.717) is 53.8 Å². The first kappa shape index (κ1) is 25.2. The lowest BCUT2D eigenvalue weighted by molar-refractivity contribution is -0.129. The molecule has 0 bridgehead atoms. The Hall–Kier alpha value is -2.95. The highest BCUT2D eigenvalue weighted by atomic mass is 32.1. The molecule has 0 saturated carbocycles. The summed E-state index contributed by atoms with van der Waals surface area (Å²) in [5.74, 6) is -0.432. The number of ketones is 1. The lowest BCUT2D eigenvalue weighted by Gasteiger charge is -2.30. The highest BCUT2D eigenvalue weighted by Crippen LogP contribution is 2.44. The number of aliphatic hydroxyl groups is 1. The van der Waals surface area contributed by atoms with Crippen LogP contribution in [0, 0.1) is 13.8 Å². The highest BCUT2D eigenvalue weighted by molar-refractivity contribution is 7.14. The molecule has 0 aliphatic carbocycles. The third kappa shape index (κ3) is 5.05. The van der Waals surface area contributed by atoms with Crippen LogP contribution in [-0.4, -0.2) is 85.2 Å². The second-order valence-electron chi connectivity index (χ2n) is 8.56. The molecule has 1 saturated heterocycles. The fourth-order valence-corrected chi connectivity index (χ4v) is 5.52. The van der Waals surface area contributed by atoms with E-state index in [4.69, 9.17) is 14.2 Å². The molecule has 35 heavy (non-hydrogen) atoms. The van der Waals surface area contributed by atoms with Crippen molar-refractivity contribution in [2.75, 3.05) is 53.6 Å². The Morgan fingerprint density at radius 1 is 1.20 bits per heavy atom. The molecule has 188 valence electrons. The Balaban J connectivity index is 1.72. The summed E-state index contributed by atoms with van der Waals surface area (Å²) < 4.78 is 16.4. The Kier molecular flexibility index (Phi) is 7.73. The summed E-state index contributed by atoms with van der Waals surface area (Å²) in [6.07, 6.45) is 0.683. The van der Waals surface area contributed by atoms with E-state index in [1.54, 1.807) is 37.1 Å². The average Bonchev–Trinajstić information content (AvgIpc) is 3.34. The van der Waals surface area contributed by atoms with Crippen LogP contribution in [0.25, 0.3) is 0 Å². The van der Waals surface area contributed by atoms with Crippen LogP contribution in [0.1, 0.15) is 38.4 Å². The summed E-state index contributed by atoms with van der Waals surface area (Å²) in [6.45, 7) is 7.81. The van der Waals surface area contributed by atoms with Gasteiger partial charge in [0.15, 0.2) is 5.76 Å². The van der Waals surface area contributed by atoms with E-state index < -0.39 is 23.5 Å². The molecule has 1 amide bonds. The molecule has 2 aliphatic rings. The molecule has 1 atom stereocenters. The summed E-state index contributed by atoms with van der Waals surface area (Å²) in [5, 5.41) is 11.7. The molecule has 2 aromatic rings. The van der Waals surface area contributed by atoms with Gasteiger partial charge in [0.25, 0.3) is 5.91 Å². The summed E-state index contributed by atoms with van der Waals surface area (Å²) in [7, 11) is 3.08. The van der Waals surface area contributed by atoms with E-state index in [2.05, 4.69) is 9.88 Å². The zero-order valence-corrected chi connectivity index (χ0v) is 21.3. The van der Waals surface area contributed by atoms with E-state index in [9.17, 15) is 14.7 Å². The average molecular weight is 502 g/mol. The number of aliphatic hydroxyl groups excluding tert-OH is 1. The van der Waals surface area contributed by atoms with Gasteiger partial charge in [-0.1, -0.05) is 0 Å². The summed E-state index contributed by atoms with van der Waals surface area (Å²) in [6, 6.07) is 4.43. The molecule has 2 aliphatic heterocycles. The zero-order chi connectivity index (χ0) is 25.1. The maximum Gasteiger partial charge on any atom is 0.290 e. The topological polar surface area (TPSA) is 101 Å². The third-order valence-corrected chi connectivity index (χ3v) is 7.44. The Bertz CT molecular complexity index is 1140. The predicted octanol–water partition coefficient (Wildman–Crippen LogP) is 3.08. The van der Waals surface area contributed by atoms with Gasteiger partial charge in [0.2, 0.25) is 5.78 Å². The van der Waals surface area contributed by atoms with Crippen LogP contribution >= 0.6 is 11.3 Å². The van der Waals surface area contributed by atoms with Crippen LogP contribution in [0.4, 0.5) is 0 Å². The number of carbonyl (C=O) groups excluding carboxylic acids is 2. The fraction of sp³-hybridized carbons (Fsp3) is 0.480. The minimum absolute atomic E-state index is 0.0414. The van der Waals surface area contributed by atoms with E-state index in [1.807, 2.05) is 6.92 Å². The summed E-state index contributed by atoms with van der Waals surface area (Å²) in [4.78, 5) is 35.7. The molecular weight excluding hydrogens is 470 g/mol. The molecule has 4 rings (SSSR count). The molecule has 3 heterocycles. The van der Waals surface area contributed by atoms with Gasteiger partial charge < -0.3 is 24.2 Å². The smallest absolute Gasteiger partial charge is 0.290 e. The minimum atomic E-state index is -0.813. The number of methoxy groups -OCH3 is 2. The van der Waals surface area contributed by atoms with Crippen molar-refractivity contribution < 1.29 is 28.9 Å². The van der Waals surface area contributed by atoms with Crippen LogP contribution in [0.3, 0.4) is 0 Å². The molecule has 1 aromatic carbocycles. The van der Waals surface area contributed by atoms with E-state index >= 15 is 0 Å². The number of aryl methyl sites for hydroxylation is 2. The Labute approximate surface area is 208 Å². The monoisotopic (exact) mass is 501 g/mol. The molecule has 0 spiro atoms. The molecular formula is C25H31N3O6S. The van der Waals surface area contributed by atoms with Crippen molar-refractivity contribution in [2.45, 2.75) is 26.3 Å². The number of carbonyl (C=O) groups is 2. The highest BCUT2D eigenvalue weighted by Gasteiger charge is 2.45. The first-order valence-electron chi connectivity index (χ1n) is 11.6. The van der Waals surface area contributed by atoms with Crippen molar-refractivity contribution in [1.29, 1.82) is 0 Å². The van der Waals surface area contributed by atoms with Gasteiger partial charge in [-0.15, -0.1) is 11.3 Å². The van der Waals surface area contributed by atoms with E-state index in [0.717, 1.165) is 24.6 Å². The maximum absolute atomic E-state index is 13.7. The van der Waals surface area contributed by atoms with Crippen molar-refractivity contribution in [1.82, 2.24) is 14.8 Å². The standard InChI is InChI=1S/C25H31N3O6S/c1-15-24(35-16(2)26-15)22(29)20-21(18-14-17(32-3)6-7-19(18)33-4)28(25(31)23(20)30)9-5-8-27-10-12-34-13-11-27/h6-7,14,21,30H,5,8-13H2,1-4H3/t21-/m0/s1. The van der Waals surface area contributed by atoms with Crippen LogP contribution in [0.15, 0.2) is 29.5 Å². The van der Waals surface area contributed by atoms with Gasteiger partial charge in [0.1, 0.15) is 11.5 Å².